The van der Waals surface area contributed by atoms with E-state index in [-0.39, 0.29) is 7.43 Å². The summed E-state index contributed by atoms with van der Waals surface area (Å²) in [4.78, 5) is 0. The molecule has 0 nitrogen and oxygen atoms in total. The maximum Gasteiger partial charge on any atom is -0.0352 e. The minimum absolute atomic E-state index is 0. The lowest BCUT2D eigenvalue weighted by atomic mass is 9.77. The van der Waals surface area contributed by atoms with Crippen LogP contribution < -0.4 is 0 Å². The van der Waals surface area contributed by atoms with E-state index in [1.165, 1.54) is 17.8 Å². The molecule has 5 atom stereocenters. The number of hydrogen-bond acceptors (Lipinski definition) is 0. The van der Waals surface area contributed by atoms with Crippen molar-refractivity contribution in [2.75, 3.05) is 0 Å². The van der Waals surface area contributed by atoms with Crippen molar-refractivity contribution < 1.29 is 0 Å². The van der Waals surface area contributed by atoms with Gasteiger partial charge in [-0.15, -0.1) is 0 Å². The van der Waals surface area contributed by atoms with Crippen LogP contribution in [0.1, 0.15) is 60.3 Å². The third kappa shape index (κ3) is 1.61. The van der Waals surface area contributed by atoms with Crippen LogP contribution in [-0.2, 0) is 0 Å². The van der Waals surface area contributed by atoms with Crippen molar-refractivity contribution in [2.45, 2.75) is 60.3 Å². The minimum atomic E-state index is 0. The van der Waals surface area contributed by atoms with Gasteiger partial charge in [-0.2, -0.15) is 0 Å². The second-order valence-corrected chi connectivity index (χ2v) is 5.13. The van der Waals surface area contributed by atoms with Gasteiger partial charge in [-0.1, -0.05) is 34.6 Å². The molecule has 0 spiro atoms. The second kappa shape index (κ2) is 4.68. The van der Waals surface area contributed by atoms with Gasteiger partial charge in [-0.25, -0.2) is 0 Å². The molecular formula is C14H28. The van der Waals surface area contributed by atoms with E-state index in [1.54, 1.807) is 32.1 Å². The predicted molar refractivity (Wildman–Crippen MR) is 64.3 cm³/mol. The Bertz CT molecular complexity index is 173. The molecule has 0 aromatic heterocycles. The minimum Gasteiger partial charge on any atom is -0.0776 e. The first kappa shape index (κ1) is 12.1. The van der Waals surface area contributed by atoms with Crippen LogP contribution in [0.25, 0.3) is 0 Å². The third-order valence-corrected chi connectivity index (χ3v) is 4.76. The highest BCUT2D eigenvalue weighted by atomic mass is 14.6. The summed E-state index contributed by atoms with van der Waals surface area (Å²) in [6, 6.07) is 0. The fourth-order valence-corrected chi connectivity index (χ4v) is 4.41. The van der Waals surface area contributed by atoms with Crippen LogP contribution in [0.3, 0.4) is 0 Å². The summed E-state index contributed by atoms with van der Waals surface area (Å²) in [5.74, 6) is 5.79. The standard InChI is InChI=1S/C11H18.C2H6.CH4/c1-7-5-8-6-11(7)10-4-2-3-9(8)10;1-2;/h7-11H,2-6H2,1H3;1-2H3;1H4. The smallest absolute Gasteiger partial charge is 0.0352 e. The molecule has 3 rings (SSSR count). The zero-order valence-electron chi connectivity index (χ0n) is 9.42. The molecule has 0 N–H and O–H groups in total. The molecule has 84 valence electrons. The van der Waals surface area contributed by atoms with E-state index in [2.05, 4.69) is 6.92 Å². The molecule has 3 saturated carbocycles. The average Bonchev–Trinajstić information content (AvgIpc) is 2.76. The maximum atomic E-state index is 2.49. The summed E-state index contributed by atoms with van der Waals surface area (Å²) in [7, 11) is 0. The molecule has 14 heavy (non-hydrogen) atoms. The monoisotopic (exact) mass is 196 g/mol. The fraction of sp³-hybridized carbons (Fsp3) is 1.00. The first-order chi connectivity index (χ1) is 6.36. The zero-order chi connectivity index (χ0) is 9.42. The van der Waals surface area contributed by atoms with Gasteiger partial charge in [-0.3, -0.25) is 0 Å². The zero-order valence-corrected chi connectivity index (χ0v) is 9.42. The number of hydrogen-bond donors (Lipinski definition) is 0. The molecule has 0 aliphatic heterocycles. The maximum absolute atomic E-state index is 2.49. The average molecular weight is 196 g/mol. The number of fused-ring (bicyclic) bond motifs is 5. The Morgan fingerprint density at radius 2 is 1.50 bits per heavy atom. The molecule has 0 heteroatoms. The van der Waals surface area contributed by atoms with Crippen LogP contribution in [0.15, 0.2) is 0 Å². The van der Waals surface area contributed by atoms with Crippen LogP contribution in [0.2, 0.25) is 0 Å². The number of rotatable bonds is 0. The highest BCUT2D eigenvalue weighted by Crippen LogP contribution is 2.60. The van der Waals surface area contributed by atoms with Gasteiger partial charge in [0.05, 0.1) is 0 Å². The molecule has 3 aliphatic carbocycles. The quantitative estimate of drug-likeness (QED) is 0.525. The van der Waals surface area contributed by atoms with Crippen molar-refractivity contribution in [3.63, 3.8) is 0 Å². The highest BCUT2D eigenvalue weighted by Gasteiger charge is 2.52. The van der Waals surface area contributed by atoms with Crippen molar-refractivity contribution in [1.82, 2.24) is 0 Å². The Morgan fingerprint density at radius 1 is 0.857 bits per heavy atom. The molecular weight excluding hydrogens is 168 g/mol. The van der Waals surface area contributed by atoms with Gasteiger partial charge < -0.3 is 0 Å². The summed E-state index contributed by atoms with van der Waals surface area (Å²) < 4.78 is 0. The molecule has 3 aliphatic rings. The lowest BCUT2D eigenvalue weighted by molar-refractivity contribution is 0.201. The molecule has 3 fully saturated rings. The van der Waals surface area contributed by atoms with Crippen molar-refractivity contribution in [3.8, 4) is 0 Å². The van der Waals surface area contributed by atoms with Gasteiger partial charge in [0.2, 0.25) is 0 Å². The molecule has 0 amide bonds. The van der Waals surface area contributed by atoms with Crippen molar-refractivity contribution in [2.24, 2.45) is 29.6 Å². The Morgan fingerprint density at radius 3 is 2.21 bits per heavy atom. The van der Waals surface area contributed by atoms with Gasteiger partial charge in [0.25, 0.3) is 0 Å². The molecule has 0 aromatic carbocycles. The highest BCUT2D eigenvalue weighted by molar-refractivity contribution is 5.01. The first-order valence-electron chi connectivity index (χ1n) is 6.36. The van der Waals surface area contributed by atoms with Gasteiger partial charge >= 0.3 is 0 Å². The molecule has 5 unspecified atom stereocenters. The normalized spacial score (nSPS) is 47.8. The van der Waals surface area contributed by atoms with Crippen molar-refractivity contribution >= 4 is 0 Å². The van der Waals surface area contributed by atoms with Crippen molar-refractivity contribution in [1.29, 1.82) is 0 Å². The Hall–Kier alpha value is 0. The Balaban J connectivity index is 0.000000309. The van der Waals surface area contributed by atoms with Gasteiger partial charge in [0.15, 0.2) is 0 Å². The topological polar surface area (TPSA) is 0 Å². The molecule has 2 bridgehead atoms. The van der Waals surface area contributed by atoms with Crippen LogP contribution >= 0.6 is 0 Å². The van der Waals surface area contributed by atoms with Crippen LogP contribution in [0.5, 0.6) is 0 Å². The Kier molecular flexibility index (Phi) is 4.04. The van der Waals surface area contributed by atoms with Crippen molar-refractivity contribution in [3.05, 3.63) is 0 Å². The van der Waals surface area contributed by atoms with E-state index in [9.17, 15) is 0 Å². The molecule has 0 radical (unpaired) electrons. The largest absolute Gasteiger partial charge is 0.0776 e. The van der Waals surface area contributed by atoms with Crippen LogP contribution in [-0.4, -0.2) is 0 Å². The Labute approximate surface area is 90.5 Å². The lowest BCUT2D eigenvalue weighted by Gasteiger charge is -2.29. The van der Waals surface area contributed by atoms with Gasteiger partial charge in [-0.05, 0) is 55.3 Å². The molecule has 0 aromatic rings. The van der Waals surface area contributed by atoms with E-state index in [0.29, 0.717) is 0 Å². The summed E-state index contributed by atoms with van der Waals surface area (Å²) in [5.41, 5.74) is 0. The summed E-state index contributed by atoms with van der Waals surface area (Å²) in [6.45, 7) is 6.49. The first-order valence-corrected chi connectivity index (χ1v) is 6.36. The van der Waals surface area contributed by atoms with E-state index in [4.69, 9.17) is 0 Å². The summed E-state index contributed by atoms with van der Waals surface area (Å²) >= 11 is 0. The third-order valence-electron chi connectivity index (χ3n) is 4.76. The van der Waals surface area contributed by atoms with Crippen LogP contribution in [0, 0.1) is 29.6 Å². The second-order valence-electron chi connectivity index (χ2n) is 5.13. The van der Waals surface area contributed by atoms with E-state index in [1.807, 2.05) is 13.8 Å². The fourth-order valence-electron chi connectivity index (χ4n) is 4.41. The van der Waals surface area contributed by atoms with E-state index in [0.717, 1.165) is 11.8 Å². The van der Waals surface area contributed by atoms with E-state index < -0.39 is 0 Å². The lowest BCUT2D eigenvalue weighted by Crippen LogP contribution is -2.22. The van der Waals surface area contributed by atoms with Gasteiger partial charge in [0.1, 0.15) is 0 Å². The van der Waals surface area contributed by atoms with Crippen LogP contribution in [0.4, 0.5) is 0 Å². The molecule has 0 heterocycles. The summed E-state index contributed by atoms with van der Waals surface area (Å²) in [5, 5.41) is 0. The summed E-state index contributed by atoms with van der Waals surface area (Å²) in [6.07, 6.45) is 7.89. The molecule has 0 saturated heterocycles. The van der Waals surface area contributed by atoms with E-state index >= 15 is 0 Å². The predicted octanol–water partition coefficient (Wildman–Crippen LogP) is 4.74. The SMILES string of the molecule is C.CC.CC1CC2CC1C1CCCC21. The van der Waals surface area contributed by atoms with Gasteiger partial charge in [0, 0.05) is 0 Å².